The number of H-pyrrole nitrogens is 1. The first-order valence-corrected chi connectivity index (χ1v) is 11.9. The summed E-state index contributed by atoms with van der Waals surface area (Å²) in [6.07, 6.45) is 0. The van der Waals surface area contributed by atoms with Gasteiger partial charge in [0.15, 0.2) is 16.6 Å². The number of pyridine rings is 1. The minimum atomic E-state index is -0.111. The average Bonchev–Trinajstić information content (AvgIpc) is 3.31. The third-order valence-electron chi connectivity index (χ3n) is 6.28. The van der Waals surface area contributed by atoms with Crippen LogP contribution in [-0.4, -0.2) is 21.8 Å². The first kappa shape index (κ1) is 22.9. The van der Waals surface area contributed by atoms with Crippen molar-refractivity contribution in [2.75, 3.05) is 12.1 Å². The van der Waals surface area contributed by atoms with Crippen LogP contribution in [0.15, 0.2) is 65.5 Å². The van der Waals surface area contributed by atoms with Crippen LogP contribution in [0, 0.1) is 20.8 Å². The van der Waals surface area contributed by atoms with Crippen molar-refractivity contribution in [2.24, 2.45) is 0 Å². The Morgan fingerprint density at radius 2 is 1.69 bits per heavy atom. The molecule has 35 heavy (non-hydrogen) atoms. The second kappa shape index (κ2) is 9.43. The molecule has 7 heteroatoms. The summed E-state index contributed by atoms with van der Waals surface area (Å²) in [4.78, 5) is 18.2. The first-order valence-electron chi connectivity index (χ1n) is 11.5. The zero-order valence-electron chi connectivity index (χ0n) is 20.0. The molecule has 0 saturated carbocycles. The molecule has 0 radical (unpaired) electrons. The summed E-state index contributed by atoms with van der Waals surface area (Å²) in [6.45, 7) is 7.18. The molecule has 0 bridgehead atoms. The summed E-state index contributed by atoms with van der Waals surface area (Å²) in [5.74, 6) is 1.45. The molecule has 3 aromatic carbocycles. The molecule has 2 N–H and O–H groups in total. The van der Waals surface area contributed by atoms with Gasteiger partial charge >= 0.3 is 0 Å². The number of hydrogen-bond donors (Lipinski definition) is 2. The van der Waals surface area contributed by atoms with Gasteiger partial charge in [-0.3, -0.25) is 4.79 Å². The Bertz CT molecular complexity index is 1480. The first-order chi connectivity index (χ1) is 16.9. The Morgan fingerprint density at radius 3 is 2.49 bits per heavy atom. The Kier molecular flexibility index (Phi) is 6.17. The van der Waals surface area contributed by atoms with E-state index < -0.39 is 0 Å². The second-order valence-electron chi connectivity index (χ2n) is 8.95. The summed E-state index contributed by atoms with van der Waals surface area (Å²) < 4.78 is 11.0. The Labute approximate surface area is 209 Å². The SMILES string of the molecule is Cc1ccc(NC(=S)N(Cc2ccc3c(c2)OCO3)Cc2cc3c(C)ccc(C)c3[nH]c2=O)cc1. The molecule has 0 spiro atoms. The Balaban J connectivity index is 1.48. The largest absolute Gasteiger partial charge is 0.454 e. The minimum Gasteiger partial charge on any atom is -0.454 e. The van der Waals surface area contributed by atoms with Crippen molar-refractivity contribution in [1.29, 1.82) is 0 Å². The zero-order chi connectivity index (χ0) is 24.5. The molecular weight excluding hydrogens is 458 g/mol. The quantitative estimate of drug-likeness (QED) is 0.360. The van der Waals surface area contributed by atoms with E-state index in [2.05, 4.69) is 23.3 Å². The van der Waals surface area contributed by atoms with Gasteiger partial charge in [-0.1, -0.05) is 35.9 Å². The standard InChI is InChI=1S/C28H27N3O3S/c1-17-4-9-22(10-5-17)29-28(35)31(14-20-8-11-24-25(12-20)34-16-33-24)15-21-13-23-18(2)6-7-19(3)26(23)30-27(21)32/h4-13H,14-16H2,1-3H3,(H,29,35)(H,30,32). The van der Waals surface area contributed by atoms with E-state index in [1.807, 2.05) is 73.3 Å². The van der Waals surface area contributed by atoms with Gasteiger partial charge in [0, 0.05) is 23.2 Å². The predicted molar refractivity (Wildman–Crippen MR) is 143 cm³/mol. The lowest BCUT2D eigenvalue weighted by Crippen LogP contribution is -2.35. The van der Waals surface area contributed by atoms with Gasteiger partial charge in [-0.15, -0.1) is 0 Å². The van der Waals surface area contributed by atoms with Crippen LogP contribution in [0.2, 0.25) is 0 Å². The number of anilines is 1. The van der Waals surface area contributed by atoms with Crippen molar-refractivity contribution in [3.63, 3.8) is 0 Å². The summed E-state index contributed by atoms with van der Waals surface area (Å²) in [5.41, 5.74) is 6.66. The predicted octanol–water partition coefficient (Wildman–Crippen LogP) is 5.58. The van der Waals surface area contributed by atoms with E-state index in [0.29, 0.717) is 23.8 Å². The average molecular weight is 486 g/mol. The molecule has 0 unspecified atom stereocenters. The highest BCUT2D eigenvalue weighted by atomic mass is 32.1. The number of nitrogens with one attached hydrogen (secondary N) is 2. The normalized spacial score (nSPS) is 12.1. The van der Waals surface area contributed by atoms with E-state index in [-0.39, 0.29) is 12.4 Å². The fourth-order valence-corrected chi connectivity index (χ4v) is 4.49. The summed E-state index contributed by atoms with van der Waals surface area (Å²) in [5, 5.41) is 4.90. The molecule has 0 amide bonds. The molecule has 5 rings (SSSR count). The van der Waals surface area contributed by atoms with Gasteiger partial charge in [0.25, 0.3) is 5.56 Å². The summed E-state index contributed by atoms with van der Waals surface area (Å²) in [6, 6.07) is 20.0. The van der Waals surface area contributed by atoms with Crippen LogP contribution in [0.3, 0.4) is 0 Å². The number of aromatic amines is 1. The van der Waals surface area contributed by atoms with Crippen molar-refractivity contribution in [1.82, 2.24) is 9.88 Å². The van der Waals surface area contributed by atoms with Gasteiger partial charge < -0.3 is 24.7 Å². The number of ether oxygens (including phenoxy) is 2. The molecule has 6 nitrogen and oxygen atoms in total. The van der Waals surface area contributed by atoms with Crippen molar-refractivity contribution in [3.05, 3.63) is 98.8 Å². The molecule has 0 aliphatic carbocycles. The topological polar surface area (TPSA) is 66.6 Å². The highest BCUT2D eigenvalue weighted by Gasteiger charge is 2.18. The Hall–Kier alpha value is -3.84. The maximum absolute atomic E-state index is 13.1. The number of aryl methyl sites for hydroxylation is 3. The van der Waals surface area contributed by atoms with Gasteiger partial charge in [0.1, 0.15) is 0 Å². The minimum absolute atomic E-state index is 0.111. The number of nitrogens with zero attached hydrogens (tertiary/aromatic N) is 1. The molecule has 0 fully saturated rings. The van der Waals surface area contributed by atoms with E-state index in [0.717, 1.165) is 44.8 Å². The third-order valence-corrected chi connectivity index (χ3v) is 6.64. The van der Waals surface area contributed by atoms with Crippen molar-refractivity contribution in [3.8, 4) is 11.5 Å². The molecule has 1 aromatic heterocycles. The van der Waals surface area contributed by atoms with Crippen LogP contribution in [-0.2, 0) is 13.1 Å². The molecule has 178 valence electrons. The van der Waals surface area contributed by atoms with Crippen molar-refractivity contribution in [2.45, 2.75) is 33.9 Å². The van der Waals surface area contributed by atoms with Crippen molar-refractivity contribution < 1.29 is 9.47 Å². The molecule has 1 aliphatic heterocycles. The number of benzene rings is 3. The fraction of sp³-hybridized carbons (Fsp3) is 0.214. The van der Waals surface area contributed by atoms with Gasteiger partial charge in [-0.2, -0.15) is 0 Å². The molecule has 0 saturated heterocycles. The van der Waals surface area contributed by atoms with Gasteiger partial charge in [0.2, 0.25) is 6.79 Å². The van der Waals surface area contributed by atoms with Crippen LogP contribution < -0.4 is 20.3 Å². The van der Waals surface area contributed by atoms with E-state index in [9.17, 15) is 4.79 Å². The van der Waals surface area contributed by atoms with E-state index in [4.69, 9.17) is 21.7 Å². The number of fused-ring (bicyclic) bond motifs is 2. The highest BCUT2D eigenvalue weighted by Crippen LogP contribution is 2.33. The van der Waals surface area contributed by atoms with Crippen molar-refractivity contribution >= 4 is 33.9 Å². The second-order valence-corrected chi connectivity index (χ2v) is 9.34. The van der Waals surface area contributed by atoms with Gasteiger partial charge in [-0.05, 0) is 80.0 Å². The van der Waals surface area contributed by atoms with E-state index >= 15 is 0 Å². The van der Waals surface area contributed by atoms with Crippen LogP contribution >= 0.6 is 12.2 Å². The lowest BCUT2D eigenvalue weighted by molar-refractivity contribution is 0.174. The molecule has 2 heterocycles. The molecule has 1 aliphatic rings. The number of hydrogen-bond acceptors (Lipinski definition) is 4. The third kappa shape index (κ3) is 4.86. The lowest BCUT2D eigenvalue weighted by Gasteiger charge is -2.26. The van der Waals surface area contributed by atoms with Gasteiger partial charge in [-0.25, -0.2) is 0 Å². The number of rotatable bonds is 5. The van der Waals surface area contributed by atoms with Crippen LogP contribution in [0.4, 0.5) is 5.69 Å². The summed E-state index contributed by atoms with van der Waals surface area (Å²) in [7, 11) is 0. The molecule has 4 aromatic rings. The number of aromatic nitrogens is 1. The van der Waals surface area contributed by atoms with Crippen LogP contribution in [0.25, 0.3) is 10.9 Å². The fourth-order valence-electron chi connectivity index (χ4n) is 4.24. The monoisotopic (exact) mass is 485 g/mol. The molecular formula is C28H27N3O3S. The maximum atomic E-state index is 13.1. The smallest absolute Gasteiger partial charge is 0.253 e. The maximum Gasteiger partial charge on any atom is 0.253 e. The number of thiocarbonyl (C=S) groups is 1. The van der Waals surface area contributed by atoms with Gasteiger partial charge in [0.05, 0.1) is 12.1 Å². The van der Waals surface area contributed by atoms with Crippen LogP contribution in [0.5, 0.6) is 11.5 Å². The Morgan fingerprint density at radius 1 is 0.943 bits per heavy atom. The zero-order valence-corrected chi connectivity index (χ0v) is 20.8. The summed E-state index contributed by atoms with van der Waals surface area (Å²) >= 11 is 5.82. The van der Waals surface area contributed by atoms with E-state index in [1.54, 1.807) is 0 Å². The van der Waals surface area contributed by atoms with E-state index in [1.165, 1.54) is 5.56 Å². The highest BCUT2D eigenvalue weighted by molar-refractivity contribution is 7.80. The van der Waals surface area contributed by atoms with Crippen LogP contribution in [0.1, 0.15) is 27.8 Å². The molecule has 0 atom stereocenters. The lowest BCUT2D eigenvalue weighted by atomic mass is 10.0.